The van der Waals surface area contributed by atoms with Gasteiger partial charge in [-0.15, -0.1) is 0 Å². The molecule has 6 heteroatoms. The molecular weight excluding hydrogens is 324 g/mol. The van der Waals surface area contributed by atoms with Gasteiger partial charge in [-0.2, -0.15) is 5.26 Å². The molecule has 0 amide bonds. The van der Waals surface area contributed by atoms with Crippen LogP contribution in [0.4, 0.5) is 5.69 Å². The van der Waals surface area contributed by atoms with Gasteiger partial charge in [-0.1, -0.05) is 15.9 Å². The number of nitro groups is 1. The molecule has 0 atom stereocenters. The Morgan fingerprint density at radius 3 is 2.60 bits per heavy atom. The van der Waals surface area contributed by atoms with Crippen LogP contribution < -0.4 is 4.74 Å². The van der Waals surface area contributed by atoms with Crippen LogP contribution >= 0.6 is 15.9 Å². The summed E-state index contributed by atoms with van der Waals surface area (Å²) >= 11 is 3.31. The van der Waals surface area contributed by atoms with Gasteiger partial charge < -0.3 is 4.74 Å². The van der Waals surface area contributed by atoms with Gasteiger partial charge in [0.25, 0.3) is 5.69 Å². The maximum Gasteiger partial charge on any atom is 0.269 e. The molecule has 0 N–H and O–H groups in total. The number of hydrogen-bond acceptors (Lipinski definition) is 4. The Bertz CT molecular complexity index is 723. The number of rotatable bonds is 3. The number of nitro benzene ring substituents is 1. The summed E-state index contributed by atoms with van der Waals surface area (Å²) in [6, 6.07) is 11.4. The van der Waals surface area contributed by atoms with Crippen LogP contribution in [-0.4, -0.2) is 4.92 Å². The number of non-ortho nitro benzene ring substituents is 1. The van der Waals surface area contributed by atoms with E-state index in [9.17, 15) is 10.1 Å². The molecule has 0 saturated carbocycles. The van der Waals surface area contributed by atoms with Crippen molar-refractivity contribution in [2.24, 2.45) is 0 Å². The zero-order valence-electron chi connectivity index (χ0n) is 10.5. The average Bonchev–Trinajstić information content (AvgIpc) is 2.41. The van der Waals surface area contributed by atoms with E-state index in [4.69, 9.17) is 10.00 Å². The SMILES string of the molecule is Cc1cc([N+](=O)[O-])ccc1Oc1cc(Br)ccc1C#N. The van der Waals surface area contributed by atoms with Gasteiger partial charge in [0.05, 0.1) is 10.5 Å². The lowest BCUT2D eigenvalue weighted by atomic mass is 10.2. The molecule has 0 aliphatic carbocycles. The lowest BCUT2D eigenvalue weighted by Crippen LogP contribution is -1.93. The quantitative estimate of drug-likeness (QED) is 0.619. The molecule has 2 rings (SSSR count). The summed E-state index contributed by atoms with van der Waals surface area (Å²) in [6.07, 6.45) is 0. The molecule has 0 aromatic heterocycles. The zero-order valence-corrected chi connectivity index (χ0v) is 12.0. The van der Waals surface area contributed by atoms with Crippen LogP contribution in [-0.2, 0) is 0 Å². The zero-order chi connectivity index (χ0) is 14.7. The van der Waals surface area contributed by atoms with E-state index in [0.29, 0.717) is 22.6 Å². The molecule has 0 saturated heterocycles. The molecule has 0 aliphatic heterocycles. The van der Waals surface area contributed by atoms with Gasteiger partial charge >= 0.3 is 0 Å². The lowest BCUT2D eigenvalue weighted by molar-refractivity contribution is -0.384. The van der Waals surface area contributed by atoms with E-state index in [1.165, 1.54) is 18.2 Å². The van der Waals surface area contributed by atoms with Crippen molar-refractivity contribution < 1.29 is 9.66 Å². The number of nitrogens with zero attached hydrogens (tertiary/aromatic N) is 2. The van der Waals surface area contributed by atoms with Crippen molar-refractivity contribution in [1.29, 1.82) is 5.26 Å². The van der Waals surface area contributed by atoms with Crippen LogP contribution in [0.2, 0.25) is 0 Å². The first-order chi connectivity index (χ1) is 9.51. The number of aryl methyl sites for hydroxylation is 1. The van der Waals surface area contributed by atoms with E-state index in [1.807, 2.05) is 6.07 Å². The Labute approximate surface area is 123 Å². The van der Waals surface area contributed by atoms with Crippen molar-refractivity contribution in [3.63, 3.8) is 0 Å². The Morgan fingerprint density at radius 2 is 2.00 bits per heavy atom. The second-order valence-electron chi connectivity index (χ2n) is 4.06. The van der Waals surface area contributed by atoms with E-state index in [0.717, 1.165) is 4.47 Å². The van der Waals surface area contributed by atoms with Crippen molar-refractivity contribution in [3.05, 3.63) is 62.1 Å². The number of benzene rings is 2. The molecule has 20 heavy (non-hydrogen) atoms. The fourth-order valence-corrected chi connectivity index (χ4v) is 1.99. The number of ether oxygens (including phenoxy) is 1. The molecule has 0 aliphatic rings. The molecule has 0 radical (unpaired) electrons. The Balaban J connectivity index is 2.38. The minimum absolute atomic E-state index is 0.00426. The predicted octanol–water partition coefficient (Wildman–Crippen LogP) is 4.33. The predicted molar refractivity (Wildman–Crippen MR) is 76.8 cm³/mol. The van der Waals surface area contributed by atoms with Gasteiger partial charge in [-0.05, 0) is 36.8 Å². The Kier molecular flexibility index (Phi) is 4.01. The number of hydrogen-bond donors (Lipinski definition) is 0. The van der Waals surface area contributed by atoms with Gasteiger partial charge in [0.1, 0.15) is 17.6 Å². The molecule has 0 fully saturated rings. The summed E-state index contributed by atoms with van der Waals surface area (Å²) in [5, 5.41) is 19.7. The lowest BCUT2D eigenvalue weighted by Gasteiger charge is -2.10. The standard InChI is InChI=1S/C14H9BrN2O3/c1-9-6-12(17(18)19)4-5-13(9)20-14-7-11(15)3-2-10(14)8-16/h2-7H,1H3. The normalized spacial score (nSPS) is 9.85. The first kappa shape index (κ1) is 14.0. The molecule has 2 aromatic carbocycles. The minimum Gasteiger partial charge on any atom is -0.456 e. The molecule has 0 heterocycles. The average molecular weight is 333 g/mol. The molecule has 2 aromatic rings. The largest absolute Gasteiger partial charge is 0.456 e. The van der Waals surface area contributed by atoms with Gasteiger partial charge in [-0.25, -0.2) is 0 Å². The van der Waals surface area contributed by atoms with E-state index in [-0.39, 0.29) is 5.69 Å². The highest BCUT2D eigenvalue weighted by Gasteiger charge is 2.11. The third-order valence-electron chi connectivity index (χ3n) is 2.65. The minimum atomic E-state index is -0.462. The molecule has 5 nitrogen and oxygen atoms in total. The van der Waals surface area contributed by atoms with Gasteiger partial charge in [0.15, 0.2) is 0 Å². The highest BCUT2D eigenvalue weighted by Crippen LogP contribution is 2.31. The first-order valence-corrected chi connectivity index (χ1v) is 6.43. The maximum absolute atomic E-state index is 10.7. The van der Waals surface area contributed by atoms with Gasteiger partial charge in [0.2, 0.25) is 0 Å². The van der Waals surface area contributed by atoms with Crippen molar-refractivity contribution in [1.82, 2.24) is 0 Å². The van der Waals surface area contributed by atoms with Crippen LogP contribution in [0.25, 0.3) is 0 Å². The van der Waals surface area contributed by atoms with Crippen molar-refractivity contribution in [3.8, 4) is 17.6 Å². The molecule has 0 spiro atoms. The smallest absolute Gasteiger partial charge is 0.269 e. The van der Waals surface area contributed by atoms with Gasteiger partial charge in [-0.3, -0.25) is 10.1 Å². The fourth-order valence-electron chi connectivity index (χ4n) is 1.65. The van der Waals surface area contributed by atoms with Crippen LogP contribution in [0.3, 0.4) is 0 Å². The highest BCUT2D eigenvalue weighted by molar-refractivity contribution is 9.10. The molecule has 100 valence electrons. The Hall–Kier alpha value is -2.39. The van der Waals surface area contributed by atoms with Crippen LogP contribution in [0.15, 0.2) is 40.9 Å². The summed E-state index contributed by atoms with van der Waals surface area (Å²) in [7, 11) is 0. The van der Waals surface area contributed by atoms with E-state index < -0.39 is 4.92 Å². The second kappa shape index (κ2) is 5.72. The van der Waals surface area contributed by atoms with Crippen LogP contribution in [0.1, 0.15) is 11.1 Å². The summed E-state index contributed by atoms with van der Waals surface area (Å²) < 4.78 is 6.46. The van der Waals surface area contributed by atoms with Gasteiger partial charge in [0, 0.05) is 16.6 Å². The van der Waals surface area contributed by atoms with Crippen molar-refractivity contribution >= 4 is 21.6 Å². The molecule has 0 bridgehead atoms. The molecular formula is C14H9BrN2O3. The van der Waals surface area contributed by atoms with Crippen LogP contribution in [0.5, 0.6) is 11.5 Å². The third-order valence-corrected chi connectivity index (χ3v) is 3.15. The summed E-state index contributed by atoms with van der Waals surface area (Å²) in [5.41, 5.74) is 1.03. The maximum atomic E-state index is 10.7. The monoisotopic (exact) mass is 332 g/mol. The summed E-state index contributed by atoms with van der Waals surface area (Å²) in [6.45, 7) is 1.71. The van der Waals surface area contributed by atoms with E-state index >= 15 is 0 Å². The highest BCUT2D eigenvalue weighted by atomic mass is 79.9. The third kappa shape index (κ3) is 2.95. The topological polar surface area (TPSA) is 76.2 Å². The number of halogens is 1. The van der Waals surface area contributed by atoms with E-state index in [1.54, 1.807) is 25.1 Å². The number of nitriles is 1. The fraction of sp³-hybridized carbons (Fsp3) is 0.0714. The van der Waals surface area contributed by atoms with Crippen molar-refractivity contribution in [2.45, 2.75) is 6.92 Å². The first-order valence-electron chi connectivity index (χ1n) is 5.64. The molecule has 0 unspecified atom stereocenters. The Morgan fingerprint density at radius 1 is 1.25 bits per heavy atom. The summed E-state index contributed by atoms with van der Waals surface area (Å²) in [4.78, 5) is 10.2. The van der Waals surface area contributed by atoms with Crippen molar-refractivity contribution in [2.75, 3.05) is 0 Å². The van der Waals surface area contributed by atoms with Crippen LogP contribution in [0, 0.1) is 28.4 Å². The summed E-state index contributed by atoms with van der Waals surface area (Å²) in [5.74, 6) is 0.879. The second-order valence-corrected chi connectivity index (χ2v) is 4.98. The van der Waals surface area contributed by atoms with E-state index in [2.05, 4.69) is 15.9 Å².